The zero-order valence-electron chi connectivity index (χ0n) is 10.2. The summed E-state index contributed by atoms with van der Waals surface area (Å²) in [5.74, 6) is -0.322. The third kappa shape index (κ3) is 2.18. The summed E-state index contributed by atoms with van der Waals surface area (Å²) in [4.78, 5) is 15.0. The maximum Gasteiger partial charge on any atom is 0.313 e. The van der Waals surface area contributed by atoms with E-state index in [0.29, 0.717) is 0 Å². The first-order chi connectivity index (χ1) is 8.27. The summed E-state index contributed by atoms with van der Waals surface area (Å²) in [6, 6.07) is 8.02. The summed E-state index contributed by atoms with van der Waals surface area (Å²) >= 11 is 0. The van der Waals surface area contributed by atoms with E-state index in [2.05, 4.69) is 11.9 Å². The smallest absolute Gasteiger partial charge is 0.313 e. The molecule has 0 aliphatic rings. The van der Waals surface area contributed by atoms with E-state index >= 15 is 0 Å². The highest BCUT2D eigenvalue weighted by atomic mass is 16.5. The number of carbonyl (C=O) groups excluding carboxylic acids is 1. The number of para-hydroxylation sites is 1. The van der Waals surface area contributed by atoms with Crippen molar-refractivity contribution >= 4 is 16.9 Å². The molecule has 1 aromatic heterocycles. The monoisotopic (exact) mass is 231 g/mol. The molecule has 3 heteroatoms. The number of hydrogen-bond acceptors (Lipinski definition) is 2. The topological polar surface area (TPSA) is 42.1 Å². The number of aromatic nitrogens is 1. The van der Waals surface area contributed by atoms with Crippen molar-refractivity contribution in [2.24, 2.45) is 0 Å². The predicted molar refractivity (Wildman–Crippen MR) is 68.0 cm³/mol. The van der Waals surface area contributed by atoms with Crippen molar-refractivity contribution < 1.29 is 9.53 Å². The summed E-state index contributed by atoms with van der Waals surface area (Å²) < 4.78 is 4.88. The molecule has 3 nitrogen and oxygen atoms in total. The number of methoxy groups -OCH3 is 1. The van der Waals surface area contributed by atoms with Crippen molar-refractivity contribution in [2.75, 3.05) is 7.11 Å². The van der Waals surface area contributed by atoms with Crippen LogP contribution in [-0.4, -0.2) is 18.1 Å². The molecule has 1 heterocycles. The third-order valence-corrected chi connectivity index (χ3v) is 3.06. The molecule has 1 N–H and O–H groups in total. The lowest BCUT2D eigenvalue weighted by atomic mass is 9.94. The van der Waals surface area contributed by atoms with Gasteiger partial charge in [0, 0.05) is 17.1 Å². The highest BCUT2D eigenvalue weighted by Crippen LogP contribution is 2.29. The van der Waals surface area contributed by atoms with Crippen molar-refractivity contribution in [2.45, 2.75) is 25.7 Å². The number of fused-ring (bicyclic) bond motifs is 1. The van der Waals surface area contributed by atoms with Gasteiger partial charge in [0.25, 0.3) is 0 Å². The van der Waals surface area contributed by atoms with Crippen LogP contribution in [0.25, 0.3) is 10.9 Å². The van der Waals surface area contributed by atoms with Gasteiger partial charge in [-0.25, -0.2) is 0 Å². The fraction of sp³-hybridized carbons (Fsp3) is 0.357. The number of hydrogen-bond donors (Lipinski definition) is 1. The van der Waals surface area contributed by atoms with Crippen LogP contribution in [0.1, 0.15) is 31.2 Å². The maximum absolute atomic E-state index is 11.8. The molecular formula is C14H17NO2. The Morgan fingerprint density at radius 2 is 2.18 bits per heavy atom. The van der Waals surface area contributed by atoms with Crippen molar-refractivity contribution in [3.63, 3.8) is 0 Å². The second-order valence-corrected chi connectivity index (χ2v) is 4.15. The zero-order chi connectivity index (χ0) is 12.3. The lowest BCUT2D eigenvalue weighted by Crippen LogP contribution is -2.13. The number of ether oxygens (including phenoxy) is 1. The summed E-state index contributed by atoms with van der Waals surface area (Å²) in [5.41, 5.74) is 2.10. The molecule has 0 spiro atoms. The molecule has 0 radical (unpaired) electrons. The van der Waals surface area contributed by atoms with Gasteiger partial charge in [-0.15, -0.1) is 0 Å². The summed E-state index contributed by atoms with van der Waals surface area (Å²) in [5, 5.41) is 1.11. The summed E-state index contributed by atoms with van der Waals surface area (Å²) in [7, 11) is 1.44. The van der Waals surface area contributed by atoms with Crippen LogP contribution in [0.15, 0.2) is 30.5 Å². The van der Waals surface area contributed by atoms with Crippen molar-refractivity contribution in [3.8, 4) is 0 Å². The highest BCUT2D eigenvalue weighted by Gasteiger charge is 2.23. The van der Waals surface area contributed by atoms with Gasteiger partial charge in [0.1, 0.15) is 0 Å². The molecule has 0 aliphatic heterocycles. The Kier molecular flexibility index (Phi) is 3.47. The number of benzene rings is 1. The Morgan fingerprint density at radius 3 is 2.88 bits per heavy atom. The molecule has 0 bridgehead atoms. The molecule has 1 aromatic carbocycles. The molecule has 0 saturated carbocycles. The molecule has 0 aliphatic carbocycles. The molecule has 0 amide bonds. The van der Waals surface area contributed by atoms with Crippen LogP contribution in [0.2, 0.25) is 0 Å². The van der Waals surface area contributed by atoms with Gasteiger partial charge in [0.2, 0.25) is 0 Å². The van der Waals surface area contributed by atoms with E-state index in [1.54, 1.807) is 0 Å². The number of aromatic amines is 1. The van der Waals surface area contributed by atoms with Gasteiger partial charge in [-0.1, -0.05) is 31.5 Å². The first-order valence-electron chi connectivity index (χ1n) is 5.91. The lowest BCUT2D eigenvalue weighted by molar-refractivity contribution is -0.142. The standard InChI is InChI=1S/C14H17NO2/c1-3-6-11(14(16)17-2)12-9-15-13-8-5-4-7-10(12)13/h4-5,7-9,11,15H,3,6H2,1-2H3. The zero-order valence-corrected chi connectivity index (χ0v) is 10.2. The third-order valence-electron chi connectivity index (χ3n) is 3.06. The average molecular weight is 231 g/mol. The second kappa shape index (κ2) is 5.04. The van der Waals surface area contributed by atoms with Crippen molar-refractivity contribution in [1.29, 1.82) is 0 Å². The van der Waals surface area contributed by atoms with Crippen LogP contribution in [-0.2, 0) is 9.53 Å². The Labute approximate surface area is 101 Å². The Bertz CT molecular complexity index is 516. The first-order valence-corrected chi connectivity index (χ1v) is 5.91. The number of rotatable bonds is 4. The Morgan fingerprint density at radius 1 is 1.41 bits per heavy atom. The van der Waals surface area contributed by atoms with E-state index in [-0.39, 0.29) is 11.9 Å². The van der Waals surface area contributed by atoms with Gasteiger partial charge in [-0.2, -0.15) is 0 Å². The molecule has 2 rings (SSSR count). The minimum Gasteiger partial charge on any atom is -0.469 e. The first kappa shape index (κ1) is 11.7. The van der Waals surface area contributed by atoms with Crippen LogP contribution in [0.3, 0.4) is 0 Å². The van der Waals surface area contributed by atoms with Crippen molar-refractivity contribution in [3.05, 3.63) is 36.0 Å². The highest BCUT2D eigenvalue weighted by molar-refractivity contribution is 5.89. The van der Waals surface area contributed by atoms with Gasteiger partial charge in [0.05, 0.1) is 13.0 Å². The van der Waals surface area contributed by atoms with Gasteiger partial charge in [-0.05, 0) is 18.1 Å². The van der Waals surface area contributed by atoms with E-state index in [9.17, 15) is 4.79 Å². The van der Waals surface area contributed by atoms with Gasteiger partial charge >= 0.3 is 5.97 Å². The molecule has 1 unspecified atom stereocenters. The second-order valence-electron chi connectivity index (χ2n) is 4.15. The van der Waals surface area contributed by atoms with Crippen LogP contribution in [0.5, 0.6) is 0 Å². The van der Waals surface area contributed by atoms with Crippen LogP contribution >= 0.6 is 0 Å². The molecule has 17 heavy (non-hydrogen) atoms. The SMILES string of the molecule is CCCC(C(=O)OC)c1c[nH]c2ccccc12. The number of esters is 1. The molecule has 0 saturated heterocycles. The number of nitrogens with one attached hydrogen (secondary N) is 1. The van der Waals surface area contributed by atoms with E-state index < -0.39 is 0 Å². The van der Waals surface area contributed by atoms with Gasteiger partial charge in [0.15, 0.2) is 0 Å². The summed E-state index contributed by atoms with van der Waals surface area (Å²) in [6.45, 7) is 2.07. The van der Waals surface area contributed by atoms with E-state index in [1.807, 2.05) is 30.5 Å². The molecule has 1 atom stereocenters. The largest absolute Gasteiger partial charge is 0.469 e. The van der Waals surface area contributed by atoms with E-state index in [1.165, 1.54) is 7.11 Å². The molecule has 2 aromatic rings. The van der Waals surface area contributed by atoms with Crippen LogP contribution in [0, 0.1) is 0 Å². The molecular weight excluding hydrogens is 214 g/mol. The van der Waals surface area contributed by atoms with Gasteiger partial charge in [-0.3, -0.25) is 4.79 Å². The number of H-pyrrole nitrogens is 1. The lowest BCUT2D eigenvalue weighted by Gasteiger charge is -2.12. The minimum absolute atomic E-state index is 0.156. The minimum atomic E-state index is -0.166. The quantitative estimate of drug-likeness (QED) is 0.821. The fourth-order valence-corrected chi connectivity index (χ4v) is 2.21. The maximum atomic E-state index is 11.8. The molecule has 0 fully saturated rings. The Hall–Kier alpha value is -1.77. The molecule has 90 valence electrons. The van der Waals surface area contributed by atoms with Crippen LogP contribution in [0.4, 0.5) is 0 Å². The van der Waals surface area contributed by atoms with Crippen LogP contribution < -0.4 is 0 Å². The fourth-order valence-electron chi connectivity index (χ4n) is 2.21. The van der Waals surface area contributed by atoms with E-state index in [0.717, 1.165) is 29.3 Å². The van der Waals surface area contributed by atoms with E-state index in [4.69, 9.17) is 4.74 Å². The van der Waals surface area contributed by atoms with Crippen molar-refractivity contribution in [1.82, 2.24) is 4.98 Å². The van der Waals surface area contributed by atoms with Gasteiger partial charge < -0.3 is 9.72 Å². The number of carbonyl (C=O) groups is 1. The Balaban J connectivity index is 2.45. The normalized spacial score (nSPS) is 12.6. The predicted octanol–water partition coefficient (Wildman–Crippen LogP) is 3.22. The summed E-state index contributed by atoms with van der Waals surface area (Å²) in [6.07, 6.45) is 3.69. The average Bonchev–Trinajstić information content (AvgIpc) is 2.79.